The quantitative estimate of drug-likeness (QED) is 0.178. The van der Waals surface area contributed by atoms with Crippen LogP contribution >= 0.6 is 21.6 Å². The highest BCUT2D eigenvalue weighted by molar-refractivity contribution is 8.77. The normalized spacial score (nSPS) is 17.6. The van der Waals surface area contributed by atoms with Gasteiger partial charge >= 0.3 is 0 Å². The Bertz CT molecular complexity index is 872. The summed E-state index contributed by atoms with van der Waals surface area (Å²) in [6.07, 6.45) is 5.37. The molecule has 36 heavy (non-hydrogen) atoms. The van der Waals surface area contributed by atoms with Gasteiger partial charge in [0.2, 0.25) is 17.6 Å². The molecule has 2 unspecified atom stereocenters. The topological polar surface area (TPSA) is 104 Å². The maximum atomic E-state index is 13.3. The zero-order chi connectivity index (χ0) is 26.5. The highest BCUT2D eigenvalue weighted by Gasteiger charge is 2.32. The minimum absolute atomic E-state index is 0.125. The average Bonchev–Trinajstić information content (AvgIpc) is 3.39. The molecule has 0 bridgehead atoms. The largest absolute Gasteiger partial charge is 0.350 e. The van der Waals surface area contributed by atoms with Gasteiger partial charge in [0.15, 0.2) is 0 Å². The fourth-order valence-electron chi connectivity index (χ4n) is 4.01. The second-order valence-electron chi connectivity index (χ2n) is 9.48. The van der Waals surface area contributed by atoms with E-state index in [4.69, 9.17) is 0 Å². The first-order valence-corrected chi connectivity index (χ1v) is 15.4. The summed E-state index contributed by atoms with van der Waals surface area (Å²) in [4.78, 5) is 51.2. The molecule has 1 aliphatic heterocycles. The van der Waals surface area contributed by atoms with E-state index >= 15 is 0 Å². The SMILES string of the molecule is CCNC(=O)C(=O)[C@H](Cc1ccc(C)cc1)NC(=O)[C@@H](NC(=O)CCCCC1CCSS1)C(C)CC. The van der Waals surface area contributed by atoms with E-state index in [1.54, 1.807) is 6.92 Å². The van der Waals surface area contributed by atoms with Crippen LogP contribution in [-0.2, 0) is 25.6 Å². The maximum absolute atomic E-state index is 13.3. The lowest BCUT2D eigenvalue weighted by atomic mass is 9.96. The Labute approximate surface area is 223 Å². The van der Waals surface area contributed by atoms with Crippen molar-refractivity contribution < 1.29 is 19.2 Å². The molecular weight excluding hydrogens is 494 g/mol. The Morgan fingerprint density at radius 1 is 1.06 bits per heavy atom. The van der Waals surface area contributed by atoms with Gasteiger partial charge < -0.3 is 16.0 Å². The molecule has 7 nitrogen and oxygen atoms in total. The number of carbonyl (C=O) groups is 4. The maximum Gasteiger partial charge on any atom is 0.289 e. The summed E-state index contributed by atoms with van der Waals surface area (Å²) in [5.74, 6) is -0.933. The number of aryl methyl sites for hydroxylation is 1. The van der Waals surface area contributed by atoms with Gasteiger partial charge in [-0.3, -0.25) is 19.2 Å². The lowest BCUT2D eigenvalue weighted by Gasteiger charge is -2.26. The molecule has 1 fully saturated rings. The summed E-state index contributed by atoms with van der Waals surface area (Å²) in [6.45, 7) is 7.88. The summed E-state index contributed by atoms with van der Waals surface area (Å²) in [5.41, 5.74) is 1.92. The molecule has 3 amide bonds. The van der Waals surface area contributed by atoms with Crippen LogP contribution in [0, 0.1) is 12.8 Å². The van der Waals surface area contributed by atoms with Crippen LogP contribution in [0.25, 0.3) is 0 Å². The minimum atomic E-state index is -1.02. The van der Waals surface area contributed by atoms with E-state index in [9.17, 15) is 19.2 Å². The van der Waals surface area contributed by atoms with Crippen molar-refractivity contribution in [1.82, 2.24) is 16.0 Å². The van der Waals surface area contributed by atoms with Crippen molar-refractivity contribution in [3.8, 4) is 0 Å². The zero-order valence-electron chi connectivity index (χ0n) is 21.9. The van der Waals surface area contributed by atoms with Crippen LogP contribution in [0.2, 0.25) is 0 Å². The second kappa shape index (κ2) is 16.0. The monoisotopic (exact) mass is 535 g/mol. The van der Waals surface area contributed by atoms with Gasteiger partial charge in [0.1, 0.15) is 12.1 Å². The number of likely N-dealkylation sites (N-methyl/N-ethyl adjacent to an activating group) is 1. The van der Waals surface area contributed by atoms with Gasteiger partial charge in [0.05, 0.1) is 0 Å². The van der Waals surface area contributed by atoms with Crippen molar-refractivity contribution in [1.29, 1.82) is 0 Å². The Balaban J connectivity index is 2.02. The molecule has 3 N–H and O–H groups in total. The first-order chi connectivity index (χ1) is 17.2. The van der Waals surface area contributed by atoms with Crippen LogP contribution in [0.15, 0.2) is 24.3 Å². The fraction of sp³-hybridized carbons (Fsp3) is 0.630. The van der Waals surface area contributed by atoms with Gasteiger partial charge in [-0.05, 0) is 44.6 Å². The lowest BCUT2D eigenvalue weighted by Crippen LogP contribution is -2.56. The van der Waals surface area contributed by atoms with Crippen LogP contribution in [0.4, 0.5) is 0 Å². The third-order valence-corrected chi connectivity index (χ3v) is 9.48. The molecule has 1 heterocycles. The summed E-state index contributed by atoms with van der Waals surface area (Å²) in [6, 6.07) is 5.84. The number of rotatable bonds is 15. The van der Waals surface area contributed by atoms with Crippen LogP contribution in [-0.4, -0.2) is 53.1 Å². The molecule has 0 aliphatic carbocycles. The Hall–Kier alpha value is -2.00. The van der Waals surface area contributed by atoms with E-state index in [0.29, 0.717) is 24.6 Å². The van der Waals surface area contributed by atoms with E-state index in [1.165, 1.54) is 12.2 Å². The minimum Gasteiger partial charge on any atom is -0.350 e. The number of hydrogen-bond donors (Lipinski definition) is 3. The van der Waals surface area contributed by atoms with Crippen LogP contribution < -0.4 is 16.0 Å². The van der Waals surface area contributed by atoms with Crippen LogP contribution in [0.5, 0.6) is 0 Å². The number of nitrogens with one attached hydrogen (secondary N) is 3. The van der Waals surface area contributed by atoms with Crippen LogP contribution in [0.3, 0.4) is 0 Å². The standard InChI is InChI=1S/C27H41N3O4S2/c1-5-19(4)24(30-23(31)10-8-7-9-21-15-16-35-36-21)26(33)29-22(25(32)27(34)28-6-2)17-20-13-11-18(3)12-14-20/h11-14,19,21-22,24H,5-10,15-17H2,1-4H3,(H,28,34)(H,29,33)(H,30,31)/t19?,21?,22-,24-/m0/s1. The fourth-order valence-corrected chi connectivity index (χ4v) is 7.03. The Morgan fingerprint density at radius 3 is 2.39 bits per heavy atom. The molecule has 0 spiro atoms. The molecule has 1 aliphatic rings. The van der Waals surface area contributed by atoms with Gasteiger partial charge in [-0.2, -0.15) is 0 Å². The molecular formula is C27H41N3O4S2. The number of unbranched alkanes of at least 4 members (excludes halogenated alkanes) is 1. The third-order valence-electron chi connectivity index (χ3n) is 6.47. The number of amides is 3. The molecule has 1 saturated heterocycles. The van der Waals surface area contributed by atoms with Crippen LogP contribution in [0.1, 0.15) is 70.4 Å². The summed E-state index contributed by atoms with van der Waals surface area (Å²) in [7, 11) is 3.86. The molecule has 4 atom stereocenters. The zero-order valence-corrected chi connectivity index (χ0v) is 23.6. The molecule has 1 aromatic carbocycles. The molecule has 2 rings (SSSR count). The summed E-state index contributed by atoms with van der Waals surface area (Å²) >= 11 is 0. The van der Waals surface area contributed by atoms with Gasteiger partial charge in [0.25, 0.3) is 5.91 Å². The number of carbonyl (C=O) groups excluding carboxylic acids is 4. The summed E-state index contributed by atoms with van der Waals surface area (Å²) < 4.78 is 0. The molecule has 200 valence electrons. The van der Waals surface area contributed by atoms with Crippen molar-refractivity contribution >= 4 is 45.1 Å². The van der Waals surface area contributed by atoms with Crippen molar-refractivity contribution in [2.45, 2.75) is 90.0 Å². The van der Waals surface area contributed by atoms with Crippen molar-refractivity contribution in [3.05, 3.63) is 35.4 Å². The van der Waals surface area contributed by atoms with Crippen molar-refractivity contribution in [2.75, 3.05) is 12.3 Å². The van der Waals surface area contributed by atoms with E-state index in [2.05, 4.69) is 16.0 Å². The number of benzene rings is 1. The Kier molecular flexibility index (Phi) is 13.4. The van der Waals surface area contributed by atoms with Gasteiger partial charge in [0, 0.05) is 30.4 Å². The number of Topliss-reactive ketones (excluding diaryl/α,β-unsaturated/α-hetero) is 1. The van der Waals surface area contributed by atoms with E-state index in [-0.39, 0.29) is 18.2 Å². The molecule has 0 aromatic heterocycles. The lowest BCUT2D eigenvalue weighted by molar-refractivity contribution is -0.140. The molecule has 0 saturated carbocycles. The van der Waals surface area contributed by atoms with E-state index in [1.807, 2.05) is 66.6 Å². The smallest absolute Gasteiger partial charge is 0.289 e. The second-order valence-corrected chi connectivity index (χ2v) is 12.3. The van der Waals surface area contributed by atoms with Crippen molar-refractivity contribution in [2.24, 2.45) is 5.92 Å². The highest BCUT2D eigenvalue weighted by Crippen LogP contribution is 2.39. The highest BCUT2D eigenvalue weighted by atomic mass is 33.1. The average molecular weight is 536 g/mol. The number of hydrogen-bond acceptors (Lipinski definition) is 6. The van der Waals surface area contributed by atoms with Gasteiger partial charge in [-0.15, -0.1) is 0 Å². The van der Waals surface area contributed by atoms with Gasteiger partial charge in [-0.25, -0.2) is 0 Å². The van der Waals surface area contributed by atoms with Crippen molar-refractivity contribution in [3.63, 3.8) is 0 Å². The molecule has 1 aromatic rings. The molecule has 9 heteroatoms. The molecule has 0 radical (unpaired) electrons. The predicted octanol–water partition coefficient (Wildman–Crippen LogP) is 3.97. The first kappa shape index (κ1) is 30.2. The number of ketones is 1. The Morgan fingerprint density at radius 2 is 1.78 bits per heavy atom. The van der Waals surface area contributed by atoms with E-state index < -0.39 is 29.7 Å². The first-order valence-electron chi connectivity index (χ1n) is 13.0. The van der Waals surface area contributed by atoms with E-state index in [0.717, 1.165) is 30.4 Å². The van der Waals surface area contributed by atoms with Gasteiger partial charge in [-0.1, -0.05) is 78.1 Å². The predicted molar refractivity (Wildman–Crippen MR) is 149 cm³/mol. The summed E-state index contributed by atoms with van der Waals surface area (Å²) in [5, 5.41) is 8.88. The third kappa shape index (κ3) is 10.2.